The smallest absolute Gasteiger partial charge is 0.416 e. The number of nitriles is 2. The number of hydrogen-bond donors (Lipinski definition) is 2. The highest BCUT2D eigenvalue weighted by atomic mass is 19.4. The summed E-state index contributed by atoms with van der Waals surface area (Å²) in [6.45, 7) is 0. The molecule has 0 fully saturated rings. The predicted molar refractivity (Wildman–Crippen MR) is 60.7 cm³/mol. The van der Waals surface area contributed by atoms with Crippen molar-refractivity contribution in [2.75, 3.05) is 5.43 Å². The van der Waals surface area contributed by atoms with E-state index in [1.807, 2.05) is 5.43 Å². The summed E-state index contributed by atoms with van der Waals surface area (Å²) in [6, 6.07) is 4.63. The number of rotatable bonds is 3. The van der Waals surface area contributed by atoms with Crippen molar-refractivity contribution in [3.8, 4) is 12.1 Å². The number of benzene rings is 1. The molecule has 0 saturated carbocycles. The lowest BCUT2D eigenvalue weighted by Crippen LogP contribution is -2.09. The first-order chi connectivity index (χ1) is 9.29. The molecule has 1 aromatic rings. The van der Waals surface area contributed by atoms with Crippen molar-refractivity contribution in [1.29, 1.82) is 10.5 Å². The summed E-state index contributed by atoms with van der Waals surface area (Å²) >= 11 is 0. The summed E-state index contributed by atoms with van der Waals surface area (Å²) < 4.78 is 37.5. The molecule has 0 radical (unpaired) electrons. The van der Waals surface area contributed by atoms with Gasteiger partial charge in [-0.25, -0.2) is 4.79 Å². The van der Waals surface area contributed by atoms with E-state index >= 15 is 0 Å². The van der Waals surface area contributed by atoms with Gasteiger partial charge in [0.15, 0.2) is 0 Å². The Balaban J connectivity index is 3.28. The van der Waals surface area contributed by atoms with E-state index in [0.29, 0.717) is 12.1 Å². The molecule has 0 atom stereocenters. The number of aromatic carboxylic acids is 1. The molecule has 1 rings (SSSR count). The third kappa shape index (κ3) is 3.46. The number of anilines is 1. The predicted octanol–water partition coefficient (Wildman–Crippen LogP) is 2.22. The molecule has 0 saturated heterocycles. The average Bonchev–Trinajstić information content (AvgIpc) is 2.38. The van der Waals surface area contributed by atoms with Crippen LogP contribution in [0.4, 0.5) is 18.9 Å². The van der Waals surface area contributed by atoms with Gasteiger partial charge < -0.3 is 5.11 Å². The summed E-state index contributed by atoms with van der Waals surface area (Å²) in [5, 5.41) is 28.9. The molecule has 0 unspecified atom stereocenters. The number of nitrogens with zero attached hydrogens (tertiary/aromatic N) is 3. The van der Waals surface area contributed by atoms with Crippen LogP contribution in [-0.4, -0.2) is 16.8 Å². The van der Waals surface area contributed by atoms with Crippen molar-refractivity contribution < 1.29 is 23.1 Å². The van der Waals surface area contributed by atoms with Crippen LogP contribution in [0.5, 0.6) is 0 Å². The summed E-state index contributed by atoms with van der Waals surface area (Å²) in [5.41, 5.74) is -0.722. The van der Waals surface area contributed by atoms with Crippen LogP contribution in [0.1, 0.15) is 15.9 Å². The van der Waals surface area contributed by atoms with Crippen LogP contribution < -0.4 is 5.43 Å². The van der Waals surface area contributed by atoms with Gasteiger partial charge in [0.1, 0.15) is 12.1 Å². The zero-order valence-corrected chi connectivity index (χ0v) is 9.56. The Morgan fingerprint density at radius 3 is 2.35 bits per heavy atom. The van der Waals surface area contributed by atoms with Crippen molar-refractivity contribution >= 4 is 17.4 Å². The number of nitrogens with one attached hydrogen (secondary N) is 1. The first-order valence-corrected chi connectivity index (χ1v) is 4.88. The maximum Gasteiger partial charge on any atom is 0.416 e. The van der Waals surface area contributed by atoms with E-state index in [1.165, 1.54) is 12.1 Å². The molecule has 102 valence electrons. The molecule has 0 aromatic heterocycles. The summed E-state index contributed by atoms with van der Waals surface area (Å²) in [6.07, 6.45) is -4.66. The van der Waals surface area contributed by atoms with Crippen molar-refractivity contribution in [3.05, 3.63) is 29.3 Å². The third-order valence-electron chi connectivity index (χ3n) is 2.08. The zero-order valence-electron chi connectivity index (χ0n) is 9.56. The van der Waals surface area contributed by atoms with E-state index in [9.17, 15) is 18.0 Å². The third-order valence-corrected chi connectivity index (χ3v) is 2.08. The standard InChI is InChI=1S/C11H5F3N4O2/c12-11(13,14)6-1-2-8(10(19)20)9(3-6)18-17-7(4-15)5-16/h1-3,18H,(H,19,20). The maximum atomic E-state index is 12.5. The molecule has 20 heavy (non-hydrogen) atoms. The van der Waals surface area contributed by atoms with Crippen LogP contribution in [0, 0.1) is 22.7 Å². The number of carboxylic acid groups (broad SMARTS) is 1. The van der Waals surface area contributed by atoms with Gasteiger partial charge in [0.25, 0.3) is 0 Å². The molecule has 9 heteroatoms. The summed E-state index contributed by atoms with van der Waals surface area (Å²) in [5.74, 6) is -1.48. The molecule has 0 aliphatic heterocycles. The van der Waals surface area contributed by atoms with Crippen molar-refractivity contribution in [2.45, 2.75) is 6.18 Å². The zero-order chi connectivity index (χ0) is 15.3. The number of halogens is 3. The fourth-order valence-corrected chi connectivity index (χ4v) is 1.19. The molecule has 0 heterocycles. The second-order valence-electron chi connectivity index (χ2n) is 3.36. The fraction of sp³-hybridized carbons (Fsp3) is 0.0909. The van der Waals surface area contributed by atoms with Gasteiger partial charge in [-0.05, 0) is 18.2 Å². The second-order valence-corrected chi connectivity index (χ2v) is 3.36. The van der Waals surface area contributed by atoms with Gasteiger partial charge >= 0.3 is 12.1 Å². The van der Waals surface area contributed by atoms with Gasteiger partial charge in [-0.1, -0.05) is 0 Å². The van der Waals surface area contributed by atoms with Crippen LogP contribution >= 0.6 is 0 Å². The first kappa shape index (κ1) is 15.0. The number of hydrogen-bond acceptors (Lipinski definition) is 5. The molecule has 0 spiro atoms. The molecule has 2 N–H and O–H groups in total. The first-order valence-electron chi connectivity index (χ1n) is 4.88. The summed E-state index contributed by atoms with van der Waals surface area (Å²) in [7, 11) is 0. The topological polar surface area (TPSA) is 109 Å². The molecule has 0 aliphatic rings. The highest BCUT2D eigenvalue weighted by Gasteiger charge is 2.31. The van der Waals surface area contributed by atoms with Crippen molar-refractivity contribution in [2.24, 2.45) is 5.10 Å². The van der Waals surface area contributed by atoms with Gasteiger partial charge in [0.2, 0.25) is 5.71 Å². The molecule has 0 bridgehead atoms. The molecule has 6 nitrogen and oxygen atoms in total. The van der Waals surface area contributed by atoms with Gasteiger partial charge in [-0.2, -0.15) is 28.8 Å². The Morgan fingerprint density at radius 1 is 1.30 bits per heavy atom. The minimum absolute atomic E-state index is 0.475. The lowest BCUT2D eigenvalue weighted by molar-refractivity contribution is -0.137. The van der Waals surface area contributed by atoms with Crippen LogP contribution in [0.25, 0.3) is 0 Å². The largest absolute Gasteiger partial charge is 0.478 e. The lowest BCUT2D eigenvalue weighted by atomic mass is 10.1. The normalized spacial score (nSPS) is 10.1. The molecule has 0 amide bonds. The molecule has 1 aromatic carbocycles. The number of hydrazone groups is 1. The minimum atomic E-state index is -4.66. The number of carbonyl (C=O) groups is 1. The average molecular weight is 282 g/mol. The number of alkyl halides is 3. The van der Waals surface area contributed by atoms with Gasteiger partial charge in [-0.3, -0.25) is 5.43 Å². The van der Waals surface area contributed by atoms with Crippen LogP contribution in [0.15, 0.2) is 23.3 Å². The minimum Gasteiger partial charge on any atom is -0.478 e. The Hall–Kier alpha value is -3.07. The SMILES string of the molecule is N#CC(C#N)=NNc1cc(C(F)(F)F)ccc1C(=O)O. The van der Waals surface area contributed by atoms with Crippen LogP contribution in [0.2, 0.25) is 0 Å². The van der Waals surface area contributed by atoms with Crippen LogP contribution in [0.3, 0.4) is 0 Å². The van der Waals surface area contributed by atoms with Gasteiger partial charge in [-0.15, -0.1) is 0 Å². The van der Waals surface area contributed by atoms with Gasteiger partial charge in [0.05, 0.1) is 16.8 Å². The van der Waals surface area contributed by atoms with E-state index < -0.39 is 34.7 Å². The monoisotopic (exact) mass is 282 g/mol. The Kier molecular flexibility index (Phi) is 4.28. The number of carboxylic acids is 1. The maximum absolute atomic E-state index is 12.5. The van der Waals surface area contributed by atoms with E-state index in [4.69, 9.17) is 15.6 Å². The summed E-state index contributed by atoms with van der Waals surface area (Å²) in [4.78, 5) is 10.9. The second kappa shape index (κ2) is 5.71. The molecular formula is C11H5F3N4O2. The Bertz CT molecular complexity index is 637. The Labute approximate surface area is 110 Å². The van der Waals surface area contributed by atoms with E-state index in [1.54, 1.807) is 0 Å². The quantitative estimate of drug-likeness (QED) is 0.652. The van der Waals surface area contributed by atoms with E-state index in [0.717, 1.165) is 6.07 Å². The van der Waals surface area contributed by atoms with Crippen molar-refractivity contribution in [3.63, 3.8) is 0 Å². The highest BCUT2D eigenvalue weighted by Crippen LogP contribution is 2.32. The molecule has 0 aliphatic carbocycles. The van der Waals surface area contributed by atoms with Gasteiger partial charge in [0, 0.05) is 0 Å². The van der Waals surface area contributed by atoms with E-state index in [-0.39, 0.29) is 0 Å². The van der Waals surface area contributed by atoms with Crippen LogP contribution in [-0.2, 0) is 6.18 Å². The Morgan fingerprint density at radius 2 is 1.90 bits per heavy atom. The van der Waals surface area contributed by atoms with E-state index in [2.05, 4.69) is 5.10 Å². The fourth-order valence-electron chi connectivity index (χ4n) is 1.19. The van der Waals surface area contributed by atoms with Crippen molar-refractivity contribution in [1.82, 2.24) is 0 Å². The highest BCUT2D eigenvalue weighted by molar-refractivity contribution is 6.10. The molecular weight excluding hydrogens is 277 g/mol. The lowest BCUT2D eigenvalue weighted by Gasteiger charge is -2.10.